The van der Waals surface area contributed by atoms with Gasteiger partial charge in [0.15, 0.2) is 0 Å². The molecule has 2 aliphatic rings. The van der Waals surface area contributed by atoms with Crippen LogP contribution in [0.4, 0.5) is 0 Å². The number of aryl methyl sites for hydroxylation is 2. The molecular weight excluding hydrogens is 354 g/mol. The lowest BCUT2D eigenvalue weighted by atomic mass is 9.79. The fourth-order valence-corrected chi connectivity index (χ4v) is 5.85. The van der Waals surface area contributed by atoms with Gasteiger partial charge in [-0.1, -0.05) is 36.8 Å². The van der Waals surface area contributed by atoms with Gasteiger partial charge in [0.25, 0.3) is 5.91 Å². The summed E-state index contributed by atoms with van der Waals surface area (Å²) in [5, 5.41) is 0.975. The Morgan fingerprint density at radius 3 is 2.59 bits per heavy atom. The van der Waals surface area contributed by atoms with Crippen molar-refractivity contribution in [2.75, 3.05) is 20.1 Å². The molecule has 2 aliphatic heterocycles. The van der Waals surface area contributed by atoms with E-state index in [2.05, 4.69) is 52.2 Å². The predicted octanol–water partition coefficient (Wildman–Crippen LogP) is 4.24. The van der Waals surface area contributed by atoms with Gasteiger partial charge in [0.05, 0.1) is 16.7 Å². The second-order valence-electron chi connectivity index (χ2n) is 7.99. The van der Waals surface area contributed by atoms with Crippen LogP contribution >= 0.6 is 11.3 Å². The first-order valence-corrected chi connectivity index (χ1v) is 10.9. The topological polar surface area (TPSA) is 36.4 Å². The van der Waals surface area contributed by atoms with E-state index in [0.29, 0.717) is 12.0 Å². The van der Waals surface area contributed by atoms with Crippen LogP contribution in [0.3, 0.4) is 0 Å². The van der Waals surface area contributed by atoms with Crippen molar-refractivity contribution < 1.29 is 4.79 Å². The van der Waals surface area contributed by atoms with Gasteiger partial charge < -0.3 is 9.80 Å². The second kappa shape index (κ2) is 7.72. The zero-order valence-corrected chi connectivity index (χ0v) is 17.3. The standard InChI is InChI=1S/C22H29N3OS/c1-15-21(27-16(2)23-15)22(26)25-13-8-7-11-19-20(25)18(12-14-24(19)3)17-9-5-4-6-10-17/h4-6,9-10,18-20H,7-8,11-14H2,1-3H3/t18-,19-,20-/m1/s1. The maximum absolute atomic E-state index is 13.6. The van der Waals surface area contributed by atoms with Crippen molar-refractivity contribution in [3.8, 4) is 0 Å². The average Bonchev–Trinajstić information content (AvgIpc) is 2.88. The number of thiazole rings is 1. The summed E-state index contributed by atoms with van der Waals surface area (Å²) in [6.45, 7) is 5.91. The molecule has 0 bridgehead atoms. The van der Waals surface area contributed by atoms with E-state index in [9.17, 15) is 4.79 Å². The van der Waals surface area contributed by atoms with Crippen LogP contribution in [0.15, 0.2) is 30.3 Å². The van der Waals surface area contributed by atoms with Gasteiger partial charge >= 0.3 is 0 Å². The summed E-state index contributed by atoms with van der Waals surface area (Å²) in [5.74, 6) is 0.593. The number of carbonyl (C=O) groups excluding carboxylic acids is 1. The minimum atomic E-state index is 0.186. The summed E-state index contributed by atoms with van der Waals surface area (Å²) < 4.78 is 0. The number of amides is 1. The molecule has 0 spiro atoms. The van der Waals surface area contributed by atoms with E-state index in [-0.39, 0.29) is 11.9 Å². The van der Waals surface area contributed by atoms with Gasteiger partial charge in [0.2, 0.25) is 0 Å². The Hall–Kier alpha value is -1.72. The van der Waals surface area contributed by atoms with Gasteiger partial charge in [0.1, 0.15) is 4.88 Å². The van der Waals surface area contributed by atoms with Crippen molar-refractivity contribution in [2.45, 2.75) is 57.5 Å². The molecule has 0 saturated carbocycles. The fraction of sp³-hybridized carbons (Fsp3) is 0.545. The van der Waals surface area contributed by atoms with Gasteiger partial charge in [-0.2, -0.15) is 0 Å². The van der Waals surface area contributed by atoms with Gasteiger partial charge in [-0.3, -0.25) is 4.79 Å². The van der Waals surface area contributed by atoms with Crippen LogP contribution in [0.1, 0.15) is 57.5 Å². The first-order valence-electron chi connectivity index (χ1n) is 10.1. The molecule has 1 aromatic heterocycles. The fourth-order valence-electron chi connectivity index (χ4n) is 4.97. The molecule has 4 nitrogen and oxygen atoms in total. The summed E-state index contributed by atoms with van der Waals surface area (Å²) in [4.78, 5) is 23.6. The molecular formula is C22H29N3OS. The molecule has 27 heavy (non-hydrogen) atoms. The Labute approximate surface area is 166 Å². The number of carbonyl (C=O) groups is 1. The third-order valence-corrected chi connectivity index (χ3v) is 7.32. The normalized spacial score (nSPS) is 26.5. The molecule has 2 saturated heterocycles. The zero-order chi connectivity index (χ0) is 19.0. The lowest BCUT2D eigenvalue weighted by Crippen LogP contribution is -2.58. The number of fused-ring (bicyclic) bond motifs is 1. The maximum atomic E-state index is 13.6. The highest BCUT2D eigenvalue weighted by Crippen LogP contribution is 2.39. The van der Waals surface area contributed by atoms with Gasteiger partial charge in [-0.15, -0.1) is 11.3 Å². The van der Waals surface area contributed by atoms with E-state index in [4.69, 9.17) is 0 Å². The van der Waals surface area contributed by atoms with Crippen molar-refractivity contribution >= 4 is 17.2 Å². The molecule has 3 atom stereocenters. The van der Waals surface area contributed by atoms with Crippen molar-refractivity contribution in [2.24, 2.45) is 0 Å². The van der Waals surface area contributed by atoms with E-state index in [1.54, 1.807) is 11.3 Å². The van der Waals surface area contributed by atoms with Crippen molar-refractivity contribution in [3.63, 3.8) is 0 Å². The van der Waals surface area contributed by atoms with Gasteiger partial charge in [-0.05, 0) is 52.3 Å². The zero-order valence-electron chi connectivity index (χ0n) is 16.5. The highest BCUT2D eigenvalue weighted by Gasteiger charge is 2.43. The Bertz CT molecular complexity index is 803. The number of nitrogens with zero attached hydrogens (tertiary/aromatic N) is 3. The van der Waals surface area contributed by atoms with Crippen LogP contribution in [0, 0.1) is 13.8 Å². The van der Waals surface area contributed by atoms with Crippen LogP contribution in [-0.4, -0.2) is 52.9 Å². The van der Waals surface area contributed by atoms with Crippen LogP contribution in [0.25, 0.3) is 0 Å². The molecule has 4 rings (SSSR count). The SMILES string of the molecule is Cc1nc(C)c(C(=O)N2CCCC[C@@H]3[C@H]2[C@@H](c2ccccc2)CCN3C)s1. The monoisotopic (exact) mass is 383 g/mol. The highest BCUT2D eigenvalue weighted by molar-refractivity contribution is 7.13. The number of likely N-dealkylation sites (tertiary alicyclic amines) is 2. The first kappa shape index (κ1) is 18.6. The minimum Gasteiger partial charge on any atom is -0.333 e. The van der Waals surface area contributed by atoms with Crippen molar-refractivity contribution in [3.05, 3.63) is 51.5 Å². The number of rotatable bonds is 2. The van der Waals surface area contributed by atoms with Crippen LogP contribution in [-0.2, 0) is 0 Å². The minimum absolute atomic E-state index is 0.186. The number of hydrogen-bond acceptors (Lipinski definition) is 4. The first-order chi connectivity index (χ1) is 13.1. The summed E-state index contributed by atoms with van der Waals surface area (Å²) in [6.07, 6.45) is 4.56. The predicted molar refractivity (Wildman–Crippen MR) is 110 cm³/mol. The largest absolute Gasteiger partial charge is 0.333 e. The number of benzene rings is 1. The molecule has 5 heteroatoms. The molecule has 3 heterocycles. The quantitative estimate of drug-likeness (QED) is 0.778. The van der Waals surface area contributed by atoms with Crippen LogP contribution in [0.2, 0.25) is 0 Å². The van der Waals surface area contributed by atoms with Gasteiger partial charge in [0, 0.05) is 18.5 Å². The second-order valence-corrected chi connectivity index (χ2v) is 9.19. The van der Waals surface area contributed by atoms with Crippen LogP contribution < -0.4 is 0 Å². The summed E-state index contributed by atoms with van der Waals surface area (Å²) >= 11 is 1.54. The smallest absolute Gasteiger partial charge is 0.266 e. The van der Waals surface area contributed by atoms with E-state index < -0.39 is 0 Å². The molecule has 2 aromatic rings. The Balaban J connectivity index is 1.74. The van der Waals surface area contributed by atoms with E-state index >= 15 is 0 Å². The molecule has 2 fully saturated rings. The lowest BCUT2D eigenvalue weighted by Gasteiger charge is -2.48. The molecule has 1 amide bonds. The summed E-state index contributed by atoms with van der Waals surface area (Å²) in [6, 6.07) is 11.5. The molecule has 0 N–H and O–H groups in total. The third-order valence-electron chi connectivity index (χ3n) is 6.26. The third kappa shape index (κ3) is 3.55. The summed E-state index contributed by atoms with van der Waals surface area (Å²) in [5.41, 5.74) is 2.25. The average molecular weight is 384 g/mol. The summed E-state index contributed by atoms with van der Waals surface area (Å²) in [7, 11) is 2.23. The maximum Gasteiger partial charge on any atom is 0.266 e. The number of hydrogen-bond donors (Lipinski definition) is 0. The van der Waals surface area contributed by atoms with Gasteiger partial charge in [-0.25, -0.2) is 4.98 Å². The molecule has 0 unspecified atom stereocenters. The van der Waals surface area contributed by atoms with Crippen LogP contribution in [0.5, 0.6) is 0 Å². The molecule has 0 radical (unpaired) electrons. The Kier molecular flexibility index (Phi) is 5.33. The number of likely N-dealkylation sites (N-methyl/N-ethyl adjacent to an activating group) is 1. The van der Waals surface area contributed by atoms with E-state index in [1.807, 2.05) is 13.8 Å². The number of aromatic nitrogens is 1. The Morgan fingerprint density at radius 2 is 1.89 bits per heavy atom. The molecule has 1 aromatic carbocycles. The molecule has 144 valence electrons. The van der Waals surface area contributed by atoms with E-state index in [1.165, 1.54) is 18.4 Å². The van der Waals surface area contributed by atoms with Crippen molar-refractivity contribution in [1.29, 1.82) is 0 Å². The van der Waals surface area contributed by atoms with E-state index in [0.717, 1.165) is 41.5 Å². The highest BCUT2D eigenvalue weighted by atomic mass is 32.1. The molecule has 0 aliphatic carbocycles. The van der Waals surface area contributed by atoms with Crippen molar-refractivity contribution in [1.82, 2.24) is 14.8 Å². The Morgan fingerprint density at radius 1 is 1.11 bits per heavy atom. The number of piperidine rings is 1. The lowest BCUT2D eigenvalue weighted by molar-refractivity contribution is 0.0349.